The van der Waals surface area contributed by atoms with Gasteiger partial charge in [-0.3, -0.25) is 9.59 Å². The van der Waals surface area contributed by atoms with E-state index in [-0.39, 0.29) is 11.9 Å². The zero-order valence-corrected chi connectivity index (χ0v) is 13.7. The summed E-state index contributed by atoms with van der Waals surface area (Å²) in [6, 6.07) is 10.4. The molecule has 0 unspecified atom stereocenters. The van der Waals surface area contributed by atoms with E-state index < -0.39 is 5.91 Å². The maximum Gasteiger partial charge on any atom is 0.270 e. The molecule has 2 amide bonds. The van der Waals surface area contributed by atoms with Crippen LogP contribution in [-0.2, 0) is 0 Å². The van der Waals surface area contributed by atoms with E-state index in [4.69, 9.17) is 17.3 Å². The third-order valence-electron chi connectivity index (χ3n) is 3.99. The number of pyridine rings is 1. The van der Waals surface area contributed by atoms with E-state index in [0.29, 0.717) is 22.8 Å². The van der Waals surface area contributed by atoms with E-state index >= 15 is 0 Å². The third kappa shape index (κ3) is 3.49. The van der Waals surface area contributed by atoms with E-state index in [0.717, 1.165) is 18.7 Å². The first-order valence-corrected chi connectivity index (χ1v) is 7.98. The molecule has 0 radical (unpaired) electrons. The lowest BCUT2D eigenvalue weighted by Gasteiger charge is -2.21. The Labute approximate surface area is 144 Å². The molecule has 3 rings (SSSR count). The number of aromatic nitrogens is 1. The number of carbonyl (C=O) groups is 2. The highest BCUT2D eigenvalue weighted by molar-refractivity contribution is 6.30. The highest BCUT2D eigenvalue weighted by Crippen LogP contribution is 2.24. The van der Waals surface area contributed by atoms with Crippen LogP contribution in [-0.4, -0.2) is 35.9 Å². The number of hydrogen-bond acceptors (Lipinski definition) is 4. The molecule has 24 heavy (non-hydrogen) atoms. The Balaban J connectivity index is 1.67. The number of amides is 2. The van der Waals surface area contributed by atoms with Crippen molar-refractivity contribution in [1.82, 2.24) is 10.3 Å². The van der Waals surface area contributed by atoms with Gasteiger partial charge in [0.15, 0.2) is 0 Å². The SMILES string of the molecule is NC(=O)c1ccccc1N1CC[C@H](NC(=O)c2ccc(Cl)cn2)C1. The van der Waals surface area contributed by atoms with Crippen LogP contribution in [0.25, 0.3) is 0 Å². The van der Waals surface area contributed by atoms with Gasteiger partial charge in [-0.25, -0.2) is 4.98 Å². The molecule has 2 heterocycles. The van der Waals surface area contributed by atoms with Crippen molar-refractivity contribution < 1.29 is 9.59 Å². The van der Waals surface area contributed by atoms with Crippen LogP contribution < -0.4 is 16.0 Å². The van der Waals surface area contributed by atoms with E-state index in [1.807, 2.05) is 12.1 Å². The molecular weight excluding hydrogens is 328 g/mol. The molecule has 124 valence electrons. The topological polar surface area (TPSA) is 88.3 Å². The fourth-order valence-electron chi connectivity index (χ4n) is 2.82. The van der Waals surface area contributed by atoms with Gasteiger partial charge < -0.3 is 16.0 Å². The lowest BCUT2D eigenvalue weighted by Crippen LogP contribution is -2.37. The van der Waals surface area contributed by atoms with Crippen LogP contribution in [0.1, 0.15) is 27.3 Å². The fourth-order valence-corrected chi connectivity index (χ4v) is 2.94. The van der Waals surface area contributed by atoms with E-state index in [9.17, 15) is 9.59 Å². The summed E-state index contributed by atoms with van der Waals surface area (Å²) in [7, 11) is 0. The largest absolute Gasteiger partial charge is 0.369 e. The second kappa shape index (κ2) is 6.88. The van der Waals surface area contributed by atoms with Crippen LogP contribution in [0.15, 0.2) is 42.6 Å². The first-order valence-electron chi connectivity index (χ1n) is 7.61. The summed E-state index contributed by atoms with van der Waals surface area (Å²) in [5.74, 6) is -0.690. The number of benzene rings is 1. The molecular formula is C17H17ClN4O2. The Morgan fingerprint density at radius 2 is 2.04 bits per heavy atom. The van der Waals surface area contributed by atoms with E-state index in [1.165, 1.54) is 6.20 Å². The average Bonchev–Trinajstić information content (AvgIpc) is 3.03. The van der Waals surface area contributed by atoms with Crippen molar-refractivity contribution in [3.8, 4) is 0 Å². The third-order valence-corrected chi connectivity index (χ3v) is 4.22. The number of nitrogens with two attached hydrogens (primary N) is 1. The van der Waals surface area contributed by atoms with Crippen molar-refractivity contribution in [3.05, 3.63) is 58.9 Å². The van der Waals surface area contributed by atoms with Crippen molar-refractivity contribution >= 4 is 29.1 Å². The lowest BCUT2D eigenvalue weighted by molar-refractivity contribution is 0.0934. The quantitative estimate of drug-likeness (QED) is 0.885. The van der Waals surface area contributed by atoms with Gasteiger partial charge in [0, 0.05) is 31.0 Å². The van der Waals surface area contributed by atoms with Gasteiger partial charge in [0.05, 0.1) is 10.6 Å². The number of halogens is 1. The number of carbonyl (C=O) groups excluding carboxylic acids is 2. The maximum atomic E-state index is 12.2. The second-order valence-electron chi connectivity index (χ2n) is 5.65. The first-order chi connectivity index (χ1) is 11.5. The van der Waals surface area contributed by atoms with Gasteiger partial charge in [-0.2, -0.15) is 0 Å². The van der Waals surface area contributed by atoms with Crippen LogP contribution in [0.4, 0.5) is 5.69 Å². The van der Waals surface area contributed by atoms with Crippen LogP contribution in [0.3, 0.4) is 0 Å². The molecule has 2 aromatic rings. The number of rotatable bonds is 4. The highest BCUT2D eigenvalue weighted by Gasteiger charge is 2.26. The van der Waals surface area contributed by atoms with E-state index in [1.54, 1.807) is 24.3 Å². The molecule has 1 aliphatic rings. The van der Waals surface area contributed by atoms with Gasteiger partial charge >= 0.3 is 0 Å². The molecule has 1 aromatic heterocycles. The van der Waals surface area contributed by atoms with Gasteiger partial charge in [0.25, 0.3) is 11.8 Å². The van der Waals surface area contributed by atoms with Crippen LogP contribution in [0.5, 0.6) is 0 Å². The predicted octanol–water partition coefficient (Wildman–Crippen LogP) is 1.84. The fraction of sp³-hybridized carbons (Fsp3) is 0.235. The summed E-state index contributed by atoms with van der Waals surface area (Å²) >= 11 is 5.78. The number of primary amides is 1. The van der Waals surface area contributed by atoms with Gasteiger partial charge in [0.2, 0.25) is 0 Å². The zero-order valence-electron chi connectivity index (χ0n) is 12.9. The minimum absolute atomic E-state index is 0.0177. The normalized spacial score (nSPS) is 16.9. The smallest absolute Gasteiger partial charge is 0.270 e. The summed E-state index contributed by atoms with van der Waals surface area (Å²) in [5, 5.41) is 3.45. The van der Waals surface area contributed by atoms with Crippen LogP contribution >= 0.6 is 11.6 Å². The second-order valence-corrected chi connectivity index (χ2v) is 6.08. The Bertz CT molecular complexity index is 763. The summed E-state index contributed by atoms with van der Waals surface area (Å²) < 4.78 is 0. The molecule has 6 nitrogen and oxygen atoms in total. The van der Waals surface area contributed by atoms with Gasteiger partial charge in [-0.1, -0.05) is 23.7 Å². The number of anilines is 1. The van der Waals surface area contributed by atoms with Crippen molar-refractivity contribution in [3.63, 3.8) is 0 Å². The molecule has 1 fully saturated rings. The molecule has 0 aliphatic carbocycles. The zero-order chi connectivity index (χ0) is 17.1. The summed E-state index contributed by atoms with van der Waals surface area (Å²) in [4.78, 5) is 29.8. The summed E-state index contributed by atoms with van der Waals surface area (Å²) in [6.45, 7) is 1.35. The van der Waals surface area contributed by atoms with Gasteiger partial charge in [-0.15, -0.1) is 0 Å². The molecule has 1 atom stereocenters. The summed E-state index contributed by atoms with van der Waals surface area (Å²) in [6.07, 6.45) is 2.23. The Hall–Kier alpha value is -2.60. The summed E-state index contributed by atoms with van der Waals surface area (Å²) in [5.41, 5.74) is 7.05. The van der Waals surface area contributed by atoms with E-state index in [2.05, 4.69) is 15.2 Å². The number of nitrogens with one attached hydrogen (secondary N) is 1. The van der Waals surface area contributed by atoms with Gasteiger partial charge in [-0.05, 0) is 30.7 Å². The minimum Gasteiger partial charge on any atom is -0.369 e. The highest BCUT2D eigenvalue weighted by atomic mass is 35.5. The average molecular weight is 345 g/mol. The van der Waals surface area contributed by atoms with Crippen LogP contribution in [0.2, 0.25) is 5.02 Å². The first kappa shape index (κ1) is 16.3. The Kier molecular flexibility index (Phi) is 4.66. The predicted molar refractivity (Wildman–Crippen MR) is 92.3 cm³/mol. The molecule has 0 spiro atoms. The molecule has 1 aliphatic heterocycles. The minimum atomic E-state index is -0.455. The van der Waals surface area contributed by atoms with Crippen molar-refractivity contribution in [1.29, 1.82) is 0 Å². The molecule has 7 heteroatoms. The van der Waals surface area contributed by atoms with Gasteiger partial charge in [0.1, 0.15) is 5.69 Å². The number of nitrogens with zero attached hydrogens (tertiary/aromatic N) is 2. The Morgan fingerprint density at radius 3 is 2.75 bits per heavy atom. The molecule has 1 saturated heterocycles. The van der Waals surface area contributed by atoms with Crippen molar-refractivity contribution in [2.75, 3.05) is 18.0 Å². The monoisotopic (exact) mass is 344 g/mol. The van der Waals surface area contributed by atoms with Crippen LogP contribution in [0, 0.1) is 0 Å². The molecule has 0 saturated carbocycles. The van der Waals surface area contributed by atoms with Crippen molar-refractivity contribution in [2.24, 2.45) is 5.73 Å². The lowest BCUT2D eigenvalue weighted by atomic mass is 10.1. The number of para-hydroxylation sites is 1. The molecule has 0 bridgehead atoms. The van der Waals surface area contributed by atoms with Crippen molar-refractivity contribution in [2.45, 2.75) is 12.5 Å². The standard InChI is InChI=1S/C17H17ClN4O2/c18-11-5-6-14(20-9-11)17(24)21-12-7-8-22(10-12)15-4-2-1-3-13(15)16(19)23/h1-6,9,12H,7-8,10H2,(H2,19,23)(H,21,24)/t12-/m0/s1. The number of hydrogen-bond donors (Lipinski definition) is 2. The molecule has 1 aromatic carbocycles. The molecule has 3 N–H and O–H groups in total. The Morgan fingerprint density at radius 1 is 1.25 bits per heavy atom. The maximum absolute atomic E-state index is 12.2.